The summed E-state index contributed by atoms with van der Waals surface area (Å²) in [6.07, 6.45) is 2.86. The van der Waals surface area contributed by atoms with Gasteiger partial charge in [-0.2, -0.15) is 0 Å². The van der Waals surface area contributed by atoms with Crippen molar-refractivity contribution in [2.24, 2.45) is 5.41 Å². The smallest absolute Gasteiger partial charge is 0.309 e. The van der Waals surface area contributed by atoms with Gasteiger partial charge in [0.05, 0.1) is 5.41 Å². The molecule has 0 aromatic carbocycles. The highest BCUT2D eigenvalue weighted by atomic mass is 16.4. The molecule has 1 rings (SSSR count). The number of anilines is 1. The van der Waals surface area contributed by atoms with Gasteiger partial charge in [0.25, 0.3) is 0 Å². The van der Waals surface area contributed by atoms with Crippen molar-refractivity contribution in [3.05, 3.63) is 18.5 Å². The second-order valence-corrected chi connectivity index (χ2v) is 3.99. The second-order valence-electron chi connectivity index (χ2n) is 3.99. The predicted molar refractivity (Wildman–Crippen MR) is 56.7 cm³/mol. The number of hydrogen-bond acceptors (Lipinski definition) is 4. The van der Waals surface area contributed by atoms with Crippen molar-refractivity contribution in [3.63, 3.8) is 0 Å². The van der Waals surface area contributed by atoms with Crippen LogP contribution < -0.4 is 5.32 Å². The molecule has 16 heavy (non-hydrogen) atoms. The summed E-state index contributed by atoms with van der Waals surface area (Å²) in [7, 11) is 0. The summed E-state index contributed by atoms with van der Waals surface area (Å²) in [6.45, 7) is 2.97. The van der Waals surface area contributed by atoms with Gasteiger partial charge >= 0.3 is 5.97 Å². The lowest BCUT2D eigenvalue weighted by Gasteiger charge is -2.17. The topological polar surface area (TPSA) is 92.2 Å². The predicted octanol–water partition coefficient (Wildman–Crippen LogP) is 0.916. The van der Waals surface area contributed by atoms with Crippen LogP contribution in [0, 0.1) is 5.41 Å². The van der Waals surface area contributed by atoms with Crippen molar-refractivity contribution in [2.45, 2.75) is 20.3 Å². The maximum absolute atomic E-state index is 11.5. The van der Waals surface area contributed by atoms with Gasteiger partial charge in [-0.1, -0.05) is 0 Å². The van der Waals surface area contributed by atoms with Crippen molar-refractivity contribution in [3.8, 4) is 0 Å². The molecule has 0 aliphatic heterocycles. The number of nitrogens with zero attached hydrogens (tertiary/aromatic N) is 2. The van der Waals surface area contributed by atoms with Crippen molar-refractivity contribution in [1.82, 2.24) is 9.97 Å². The fourth-order valence-corrected chi connectivity index (χ4v) is 1.01. The molecule has 0 atom stereocenters. The molecule has 0 saturated carbocycles. The summed E-state index contributed by atoms with van der Waals surface area (Å²) in [6, 6.07) is 1.62. The molecule has 0 spiro atoms. The fraction of sp³-hybridized carbons (Fsp3) is 0.400. The summed E-state index contributed by atoms with van der Waals surface area (Å²) in [5, 5.41) is 11.3. The van der Waals surface area contributed by atoms with Crippen LogP contribution in [0.5, 0.6) is 0 Å². The standard InChI is InChI=1S/C10H13N3O3/c1-10(2,8(15)16)6-7(14)13-9-11-4-3-5-12-9/h3-5H,6H2,1-2H3,(H,15,16)(H,11,12,13,14). The van der Waals surface area contributed by atoms with E-state index in [0.717, 1.165) is 0 Å². The zero-order chi connectivity index (χ0) is 12.2. The molecule has 1 heterocycles. The molecular formula is C10H13N3O3. The number of carbonyl (C=O) groups excluding carboxylic acids is 1. The number of hydrogen-bond donors (Lipinski definition) is 2. The maximum Gasteiger partial charge on any atom is 0.309 e. The molecule has 1 amide bonds. The lowest BCUT2D eigenvalue weighted by Crippen LogP contribution is -2.29. The molecule has 0 aliphatic carbocycles. The van der Waals surface area contributed by atoms with Crippen molar-refractivity contribution >= 4 is 17.8 Å². The summed E-state index contributed by atoms with van der Waals surface area (Å²) < 4.78 is 0. The second kappa shape index (κ2) is 4.69. The van der Waals surface area contributed by atoms with E-state index in [0.29, 0.717) is 0 Å². The van der Waals surface area contributed by atoms with E-state index < -0.39 is 17.3 Å². The number of carboxylic acid groups (broad SMARTS) is 1. The molecule has 0 unspecified atom stereocenters. The Bertz CT molecular complexity index is 390. The van der Waals surface area contributed by atoms with Crippen LogP contribution in [0.4, 0.5) is 5.95 Å². The number of carboxylic acids is 1. The minimum Gasteiger partial charge on any atom is -0.481 e. The molecule has 1 aromatic heterocycles. The Morgan fingerprint density at radius 3 is 2.44 bits per heavy atom. The number of amides is 1. The number of carbonyl (C=O) groups is 2. The van der Waals surface area contributed by atoms with Crippen LogP contribution >= 0.6 is 0 Å². The van der Waals surface area contributed by atoms with Gasteiger partial charge in [0, 0.05) is 18.8 Å². The normalized spacial score (nSPS) is 10.9. The SMILES string of the molecule is CC(C)(CC(=O)Nc1ncccn1)C(=O)O. The van der Waals surface area contributed by atoms with Crippen molar-refractivity contribution in [2.75, 3.05) is 5.32 Å². The number of rotatable bonds is 4. The monoisotopic (exact) mass is 223 g/mol. The van der Waals surface area contributed by atoms with Gasteiger partial charge in [0.1, 0.15) is 0 Å². The van der Waals surface area contributed by atoms with Crippen molar-refractivity contribution < 1.29 is 14.7 Å². The lowest BCUT2D eigenvalue weighted by atomic mass is 9.89. The van der Waals surface area contributed by atoms with Gasteiger partial charge in [-0.15, -0.1) is 0 Å². The van der Waals surface area contributed by atoms with E-state index >= 15 is 0 Å². The molecular weight excluding hydrogens is 210 g/mol. The average molecular weight is 223 g/mol. The third-order valence-electron chi connectivity index (χ3n) is 2.00. The van der Waals surface area contributed by atoms with E-state index in [9.17, 15) is 9.59 Å². The molecule has 86 valence electrons. The van der Waals surface area contributed by atoms with Gasteiger partial charge in [0.15, 0.2) is 0 Å². The highest BCUT2D eigenvalue weighted by molar-refractivity contribution is 5.92. The largest absolute Gasteiger partial charge is 0.481 e. The highest BCUT2D eigenvalue weighted by Crippen LogP contribution is 2.20. The van der Waals surface area contributed by atoms with E-state index in [1.54, 1.807) is 6.07 Å². The number of aliphatic carboxylic acids is 1. The third kappa shape index (κ3) is 3.30. The van der Waals surface area contributed by atoms with Gasteiger partial charge in [-0.25, -0.2) is 9.97 Å². The minimum absolute atomic E-state index is 0.124. The van der Waals surface area contributed by atoms with Crippen LogP contribution in [-0.2, 0) is 9.59 Å². The Balaban J connectivity index is 2.58. The minimum atomic E-state index is -1.10. The fourth-order valence-electron chi connectivity index (χ4n) is 1.01. The Morgan fingerprint density at radius 1 is 1.38 bits per heavy atom. The molecule has 0 fully saturated rings. The summed E-state index contributed by atoms with van der Waals surface area (Å²) in [5.74, 6) is -1.26. The molecule has 1 aromatic rings. The van der Waals surface area contributed by atoms with E-state index in [4.69, 9.17) is 5.11 Å². The maximum atomic E-state index is 11.5. The van der Waals surface area contributed by atoms with E-state index in [2.05, 4.69) is 15.3 Å². The molecule has 2 N–H and O–H groups in total. The van der Waals surface area contributed by atoms with E-state index in [1.807, 2.05) is 0 Å². The Kier molecular flexibility index (Phi) is 3.55. The van der Waals surface area contributed by atoms with Gasteiger partial charge in [-0.3, -0.25) is 14.9 Å². The zero-order valence-electron chi connectivity index (χ0n) is 9.10. The van der Waals surface area contributed by atoms with Crippen LogP contribution in [0.2, 0.25) is 0 Å². The summed E-state index contributed by atoms with van der Waals surface area (Å²) >= 11 is 0. The van der Waals surface area contributed by atoms with Crippen LogP contribution in [0.25, 0.3) is 0 Å². The van der Waals surface area contributed by atoms with Crippen LogP contribution in [0.1, 0.15) is 20.3 Å². The van der Waals surface area contributed by atoms with E-state index in [-0.39, 0.29) is 12.4 Å². The van der Waals surface area contributed by atoms with Crippen LogP contribution in [-0.4, -0.2) is 27.0 Å². The van der Waals surface area contributed by atoms with Gasteiger partial charge in [0.2, 0.25) is 11.9 Å². The zero-order valence-corrected chi connectivity index (χ0v) is 9.10. The van der Waals surface area contributed by atoms with Crippen molar-refractivity contribution in [1.29, 1.82) is 0 Å². The molecule has 6 heteroatoms. The lowest BCUT2D eigenvalue weighted by molar-refractivity contribution is -0.148. The van der Waals surface area contributed by atoms with E-state index in [1.165, 1.54) is 26.2 Å². The summed E-state index contributed by atoms with van der Waals surface area (Å²) in [4.78, 5) is 29.9. The first-order valence-electron chi connectivity index (χ1n) is 4.72. The average Bonchev–Trinajstić information content (AvgIpc) is 2.17. The van der Waals surface area contributed by atoms with Gasteiger partial charge < -0.3 is 5.11 Å². The first kappa shape index (κ1) is 12.1. The molecule has 6 nitrogen and oxygen atoms in total. The summed E-state index contributed by atoms with van der Waals surface area (Å²) in [5.41, 5.74) is -1.10. The first-order chi connectivity index (χ1) is 7.42. The number of aromatic nitrogens is 2. The Morgan fingerprint density at radius 2 is 1.94 bits per heavy atom. The molecule has 0 radical (unpaired) electrons. The van der Waals surface area contributed by atoms with Gasteiger partial charge in [-0.05, 0) is 19.9 Å². The molecule has 0 saturated heterocycles. The highest BCUT2D eigenvalue weighted by Gasteiger charge is 2.30. The quantitative estimate of drug-likeness (QED) is 0.791. The Labute approximate surface area is 92.7 Å². The third-order valence-corrected chi connectivity index (χ3v) is 2.00. The Hall–Kier alpha value is -1.98. The first-order valence-corrected chi connectivity index (χ1v) is 4.72. The molecule has 0 aliphatic rings. The number of nitrogens with one attached hydrogen (secondary N) is 1. The van der Waals surface area contributed by atoms with Crippen LogP contribution in [0.15, 0.2) is 18.5 Å². The van der Waals surface area contributed by atoms with Crippen LogP contribution in [0.3, 0.4) is 0 Å². The molecule has 0 bridgehead atoms.